The van der Waals surface area contributed by atoms with E-state index in [0.717, 1.165) is 29.8 Å². The number of benzene rings is 3. The first kappa shape index (κ1) is 55.1. The van der Waals surface area contributed by atoms with Gasteiger partial charge in [-0.2, -0.15) is 0 Å². The number of hydrogen-bond donors (Lipinski definition) is 1. The maximum Gasteiger partial charge on any atom is 0.274 e. The number of hydrogen-bond acceptors (Lipinski definition) is 10. The van der Waals surface area contributed by atoms with Gasteiger partial charge >= 0.3 is 0 Å². The first-order valence-electron chi connectivity index (χ1n) is 24.3. The van der Waals surface area contributed by atoms with E-state index in [2.05, 4.69) is 0 Å². The van der Waals surface area contributed by atoms with Gasteiger partial charge in [0.2, 0.25) is 10.9 Å². The van der Waals surface area contributed by atoms with Crippen LogP contribution in [0.25, 0.3) is 0 Å². The Labute approximate surface area is 431 Å². The van der Waals surface area contributed by atoms with Gasteiger partial charge in [-0.25, -0.2) is 17.6 Å². The number of aromatic hydroxyl groups is 1. The predicted molar refractivity (Wildman–Crippen MR) is 267 cm³/mol. The Balaban J connectivity index is 0.000000217. The summed E-state index contributed by atoms with van der Waals surface area (Å²) in [5.41, 5.74) is -1.98. The molecule has 19 heteroatoms. The number of aromatic nitrogens is 2. The largest absolute Gasteiger partial charge is 0.503 e. The fourth-order valence-electron chi connectivity index (χ4n) is 10.3. The molecule has 0 unspecified atom stereocenters. The van der Waals surface area contributed by atoms with E-state index >= 15 is 0 Å². The minimum atomic E-state index is -0.927. The number of aryl methyl sites for hydroxylation is 2. The average molecular weight is 1050 g/mol. The molecule has 9 rings (SSSR count). The summed E-state index contributed by atoms with van der Waals surface area (Å²) in [5.74, 6) is -5.66. The van der Waals surface area contributed by atoms with Gasteiger partial charge in [0.05, 0.1) is 35.4 Å². The molecular weight excluding hydrogens is 988 g/mol. The first-order valence-corrected chi connectivity index (χ1v) is 24.3. The van der Waals surface area contributed by atoms with Crippen LogP contribution in [0.4, 0.5) is 17.6 Å². The number of fused-ring (bicyclic) bond motifs is 4. The Hall–Kier alpha value is -6.63. The number of nitrogens with zero attached hydrogens (tertiary/aromatic N) is 4. The topological polar surface area (TPSA) is 167 Å². The lowest BCUT2D eigenvalue weighted by atomic mass is 9.99. The van der Waals surface area contributed by atoms with Crippen LogP contribution in [0.1, 0.15) is 112 Å². The Kier molecular flexibility index (Phi) is 16.4. The highest BCUT2D eigenvalue weighted by Crippen LogP contribution is 2.55. The summed E-state index contributed by atoms with van der Waals surface area (Å²) in [6.07, 6.45) is 3.77. The standard InChI is InChI=1S/C31H32F2N2O5.C24H26F2N2O5.ClH/c1-19(2)34-18-31(14-22(31)17-39-3)35-15-24(26(36)12-10-21-9-11-23(32)13-25(21)33)28(37)29(27(35)30(34)38)40-16-20-7-5-4-6-8-20;1-13(2)27-12-24(9-15(24)11-33-3)28-10-17(21(30)22(31)20(28)23(27)32)19(29)7-5-14-4-6-16(25)8-18(14)26;/h4-9,11,13,15,19,22H,10,12,14,16-18H2,1-3H3;4,6,8,10,13,15,31H,5,7,9,11-12H2,1-3H3;1H/t22-,31-;15-,24-;/m11./s1. The third-order valence-electron chi connectivity index (χ3n) is 14.6. The molecule has 0 saturated heterocycles. The molecule has 4 atom stereocenters. The molecule has 5 aromatic rings. The summed E-state index contributed by atoms with van der Waals surface area (Å²) < 4.78 is 74.7. The number of ketones is 2. The Morgan fingerprint density at radius 3 is 1.55 bits per heavy atom. The summed E-state index contributed by atoms with van der Waals surface area (Å²) >= 11 is 0. The molecule has 2 aromatic heterocycles. The second-order valence-corrected chi connectivity index (χ2v) is 19.9. The van der Waals surface area contributed by atoms with Gasteiger partial charge in [-0.05, 0) is 82.2 Å². The number of carbonyl (C=O) groups is 4. The SMILES string of the molecule is COC[C@H]1C[C@@]12CN(C(C)C)C(=O)c1c(O)c(=O)c(C(=O)CCc3ccc(F)cc3F)cn12.COC[C@H]1C[C@@]12CN(C(C)C)C(=O)c1c(OCc3ccccc3)c(=O)c(C(=O)CCc3ccc(F)cc3F)cn12.Cl. The van der Waals surface area contributed by atoms with Gasteiger partial charge in [0.25, 0.3) is 11.8 Å². The van der Waals surface area contributed by atoms with Crippen molar-refractivity contribution in [2.45, 2.75) is 96.0 Å². The van der Waals surface area contributed by atoms with E-state index in [4.69, 9.17) is 14.2 Å². The summed E-state index contributed by atoms with van der Waals surface area (Å²) in [5, 5.41) is 10.7. The van der Waals surface area contributed by atoms with Crippen molar-refractivity contribution < 1.29 is 56.1 Å². The van der Waals surface area contributed by atoms with Crippen molar-refractivity contribution in [1.82, 2.24) is 18.9 Å². The van der Waals surface area contributed by atoms with Crippen molar-refractivity contribution in [3.05, 3.63) is 162 Å². The molecule has 2 amide bonds. The fourth-order valence-corrected chi connectivity index (χ4v) is 10.3. The number of pyridine rings is 2. The molecule has 2 spiro atoms. The van der Waals surface area contributed by atoms with Crippen molar-refractivity contribution in [1.29, 1.82) is 0 Å². The van der Waals surface area contributed by atoms with E-state index in [9.17, 15) is 51.4 Å². The molecule has 2 saturated carbocycles. The summed E-state index contributed by atoms with van der Waals surface area (Å²) in [6.45, 7) is 9.27. The first-order chi connectivity index (χ1) is 34.8. The number of rotatable bonds is 17. The molecule has 2 aliphatic heterocycles. The lowest BCUT2D eigenvalue weighted by Gasteiger charge is -2.40. The zero-order valence-corrected chi connectivity index (χ0v) is 42.7. The zero-order valence-electron chi connectivity index (χ0n) is 41.9. The Morgan fingerprint density at radius 2 is 1.11 bits per heavy atom. The van der Waals surface area contributed by atoms with Crippen LogP contribution in [-0.2, 0) is 40.0 Å². The quantitative estimate of drug-likeness (QED) is 0.0712. The van der Waals surface area contributed by atoms with Crippen molar-refractivity contribution in [3.63, 3.8) is 0 Å². The van der Waals surface area contributed by atoms with Gasteiger partial charge < -0.3 is 38.3 Å². The minimum Gasteiger partial charge on any atom is -0.503 e. The predicted octanol–water partition coefficient (Wildman–Crippen LogP) is 8.04. The number of methoxy groups -OCH3 is 2. The molecule has 2 fully saturated rings. The monoisotopic (exact) mass is 1050 g/mol. The summed E-state index contributed by atoms with van der Waals surface area (Å²) in [4.78, 5) is 83.2. The average Bonchev–Trinajstić information content (AvgIpc) is 4.25. The van der Waals surface area contributed by atoms with Gasteiger partial charge in [-0.1, -0.05) is 42.5 Å². The number of amides is 2. The molecule has 14 nitrogen and oxygen atoms in total. The van der Waals surface area contributed by atoms with E-state index in [1.165, 1.54) is 24.5 Å². The van der Waals surface area contributed by atoms with Crippen molar-refractivity contribution in [2.24, 2.45) is 11.8 Å². The summed E-state index contributed by atoms with van der Waals surface area (Å²) in [6, 6.07) is 15.2. The molecule has 4 aliphatic rings. The van der Waals surface area contributed by atoms with Crippen molar-refractivity contribution >= 4 is 35.8 Å². The number of halogens is 5. The third-order valence-corrected chi connectivity index (χ3v) is 14.6. The van der Waals surface area contributed by atoms with E-state index < -0.39 is 68.4 Å². The molecule has 74 heavy (non-hydrogen) atoms. The molecule has 0 radical (unpaired) electrons. The highest BCUT2D eigenvalue weighted by atomic mass is 35.5. The van der Waals surface area contributed by atoms with Crippen molar-refractivity contribution in [3.8, 4) is 11.5 Å². The second kappa shape index (κ2) is 22.1. The normalized spacial score (nSPS) is 20.3. The molecule has 2 aliphatic carbocycles. The molecular formula is C55H59ClF4N4O10. The smallest absolute Gasteiger partial charge is 0.274 e. The summed E-state index contributed by atoms with van der Waals surface area (Å²) in [7, 11) is 3.19. The van der Waals surface area contributed by atoms with Gasteiger partial charge in [-0.3, -0.25) is 28.8 Å². The van der Waals surface area contributed by atoms with E-state index in [1.54, 1.807) is 33.2 Å². The van der Waals surface area contributed by atoms with Crippen LogP contribution in [-0.4, -0.2) is 100 Å². The van der Waals surface area contributed by atoms with Crippen LogP contribution < -0.4 is 15.6 Å². The Bertz CT molecular complexity index is 3110. The number of carbonyl (C=O) groups excluding carboxylic acids is 4. The molecule has 1 N–H and O–H groups in total. The zero-order chi connectivity index (χ0) is 52.7. The van der Waals surface area contributed by atoms with Crippen LogP contribution in [0, 0.1) is 35.1 Å². The van der Waals surface area contributed by atoms with Crippen LogP contribution in [0.2, 0.25) is 0 Å². The maximum absolute atomic E-state index is 14.2. The molecule has 3 aromatic carbocycles. The van der Waals surface area contributed by atoms with Crippen LogP contribution in [0.15, 0.2) is 88.7 Å². The Morgan fingerprint density at radius 1 is 0.662 bits per heavy atom. The van der Waals surface area contributed by atoms with Crippen LogP contribution >= 0.6 is 12.4 Å². The second-order valence-electron chi connectivity index (χ2n) is 19.9. The van der Waals surface area contributed by atoms with Crippen molar-refractivity contribution in [2.75, 3.05) is 40.5 Å². The maximum atomic E-state index is 14.2. The number of Topliss-reactive ketones (excluding diaryl/α,β-unsaturated/α-hetero) is 2. The van der Waals surface area contributed by atoms with E-state index in [0.29, 0.717) is 39.1 Å². The van der Waals surface area contributed by atoms with Crippen LogP contribution in [0.5, 0.6) is 11.5 Å². The van der Waals surface area contributed by atoms with Gasteiger partial charge in [0, 0.05) is 88.6 Å². The fraction of sp³-hybridized carbons (Fsp3) is 0.418. The molecule has 0 bridgehead atoms. The highest BCUT2D eigenvalue weighted by molar-refractivity contribution is 6.01. The minimum absolute atomic E-state index is 0. The molecule has 394 valence electrons. The van der Waals surface area contributed by atoms with Gasteiger partial charge in [-0.15, -0.1) is 12.4 Å². The van der Waals surface area contributed by atoms with E-state index in [-0.39, 0.29) is 114 Å². The third kappa shape index (κ3) is 10.5. The number of ether oxygens (including phenoxy) is 3. The molecule has 4 heterocycles. The lowest BCUT2D eigenvalue weighted by molar-refractivity contribution is 0.0535. The van der Waals surface area contributed by atoms with Gasteiger partial charge in [0.1, 0.15) is 29.9 Å². The highest BCUT2D eigenvalue weighted by Gasteiger charge is 2.62. The van der Waals surface area contributed by atoms with Gasteiger partial charge in [0.15, 0.2) is 34.5 Å². The van der Waals surface area contributed by atoms with Crippen LogP contribution in [0.3, 0.4) is 0 Å². The lowest BCUT2D eigenvalue weighted by Crippen LogP contribution is -2.52. The van der Waals surface area contributed by atoms with E-state index in [1.807, 2.05) is 58.0 Å².